The van der Waals surface area contributed by atoms with Gasteiger partial charge in [0.25, 0.3) is 0 Å². The van der Waals surface area contributed by atoms with E-state index in [0.717, 1.165) is 29.2 Å². The van der Waals surface area contributed by atoms with Gasteiger partial charge in [-0.2, -0.15) is 0 Å². The van der Waals surface area contributed by atoms with Gasteiger partial charge in [-0.3, -0.25) is 4.99 Å². The molecule has 1 aromatic rings. The van der Waals surface area contributed by atoms with Crippen LogP contribution in [0.5, 0.6) is 0 Å². The minimum atomic E-state index is -0.172. The lowest BCUT2D eigenvalue weighted by molar-refractivity contribution is 0.00146. The molecule has 0 spiro atoms. The molecule has 2 heteroatoms. The van der Waals surface area contributed by atoms with Crippen molar-refractivity contribution >= 4 is 6.21 Å². The molecule has 0 radical (unpaired) electrons. The van der Waals surface area contributed by atoms with Crippen molar-refractivity contribution in [1.82, 2.24) is 0 Å². The number of halogens is 1. The fourth-order valence-corrected chi connectivity index (χ4v) is 4.90. The lowest BCUT2D eigenvalue weighted by Crippen LogP contribution is -2.47. The summed E-state index contributed by atoms with van der Waals surface area (Å²) in [6.45, 7) is 0. The van der Waals surface area contributed by atoms with Crippen LogP contribution >= 0.6 is 0 Å². The van der Waals surface area contributed by atoms with E-state index in [1.165, 1.54) is 38.2 Å². The topological polar surface area (TPSA) is 12.4 Å². The van der Waals surface area contributed by atoms with E-state index < -0.39 is 0 Å². The maximum atomic E-state index is 13.2. The summed E-state index contributed by atoms with van der Waals surface area (Å²) >= 11 is 0. The summed E-state index contributed by atoms with van der Waals surface area (Å²) in [5, 5.41) is 0. The number of nitrogens with zero attached hydrogens (tertiary/aromatic N) is 1. The molecule has 5 rings (SSSR count). The second-order valence-electron chi connectivity index (χ2n) is 6.75. The van der Waals surface area contributed by atoms with E-state index in [4.69, 9.17) is 4.99 Å². The second-order valence-corrected chi connectivity index (χ2v) is 6.75. The molecule has 19 heavy (non-hydrogen) atoms. The number of hydrogen-bond acceptors (Lipinski definition) is 1. The third kappa shape index (κ3) is 2.11. The molecule has 0 N–H and O–H groups in total. The SMILES string of the molecule is Fc1cccc(C=NC2C3CC4CC(C3)CC2C4)c1. The lowest BCUT2D eigenvalue weighted by atomic mass is 9.54. The zero-order valence-electron chi connectivity index (χ0n) is 11.1. The van der Waals surface area contributed by atoms with Crippen LogP contribution in [0.3, 0.4) is 0 Å². The van der Waals surface area contributed by atoms with Crippen LogP contribution in [-0.2, 0) is 0 Å². The fourth-order valence-electron chi connectivity index (χ4n) is 4.90. The van der Waals surface area contributed by atoms with Crippen molar-refractivity contribution in [2.24, 2.45) is 28.7 Å². The molecule has 4 aliphatic rings. The predicted molar refractivity (Wildman–Crippen MR) is 74.8 cm³/mol. The van der Waals surface area contributed by atoms with Crippen LogP contribution in [0.15, 0.2) is 29.3 Å². The smallest absolute Gasteiger partial charge is 0.123 e. The first-order chi connectivity index (χ1) is 9.28. The molecular weight excluding hydrogens is 237 g/mol. The first kappa shape index (κ1) is 11.6. The summed E-state index contributed by atoms with van der Waals surface area (Å²) in [6, 6.07) is 7.26. The van der Waals surface area contributed by atoms with Crippen LogP contribution in [0.2, 0.25) is 0 Å². The Morgan fingerprint density at radius 1 is 1.00 bits per heavy atom. The molecular formula is C17H20FN. The summed E-state index contributed by atoms with van der Waals surface area (Å²) in [7, 11) is 0. The van der Waals surface area contributed by atoms with Gasteiger partial charge in [-0.1, -0.05) is 12.1 Å². The lowest BCUT2D eigenvalue weighted by Gasteiger charge is -2.53. The van der Waals surface area contributed by atoms with Crippen molar-refractivity contribution in [1.29, 1.82) is 0 Å². The molecule has 0 aliphatic heterocycles. The van der Waals surface area contributed by atoms with E-state index in [1.807, 2.05) is 12.3 Å². The van der Waals surface area contributed by atoms with Crippen molar-refractivity contribution in [3.05, 3.63) is 35.6 Å². The van der Waals surface area contributed by atoms with Gasteiger partial charge in [0.1, 0.15) is 5.82 Å². The highest BCUT2D eigenvalue weighted by Gasteiger charge is 2.47. The van der Waals surface area contributed by atoms with Crippen molar-refractivity contribution in [2.75, 3.05) is 0 Å². The Bertz CT molecular complexity index is 480. The Hall–Kier alpha value is -1.18. The third-order valence-electron chi connectivity index (χ3n) is 5.42. The highest BCUT2D eigenvalue weighted by molar-refractivity contribution is 5.79. The monoisotopic (exact) mass is 257 g/mol. The zero-order valence-corrected chi connectivity index (χ0v) is 11.1. The highest BCUT2D eigenvalue weighted by Crippen LogP contribution is 2.54. The summed E-state index contributed by atoms with van der Waals surface area (Å²) in [5.41, 5.74) is 0.897. The quantitative estimate of drug-likeness (QED) is 0.708. The molecule has 4 saturated carbocycles. The molecule has 100 valence electrons. The molecule has 4 bridgehead atoms. The van der Waals surface area contributed by atoms with E-state index >= 15 is 0 Å². The standard InChI is InChI=1S/C17H20FN/c18-16-3-1-2-11(9-16)10-19-17-14-5-12-4-13(7-14)8-15(17)6-12/h1-3,9-10,12-15,17H,4-8H2. The Balaban J connectivity index is 1.54. The van der Waals surface area contributed by atoms with Gasteiger partial charge in [-0.05, 0) is 73.5 Å². The van der Waals surface area contributed by atoms with E-state index in [2.05, 4.69) is 0 Å². The van der Waals surface area contributed by atoms with Crippen LogP contribution in [0.25, 0.3) is 0 Å². The van der Waals surface area contributed by atoms with Gasteiger partial charge in [-0.15, -0.1) is 0 Å². The molecule has 0 aromatic heterocycles. The molecule has 1 nitrogen and oxygen atoms in total. The predicted octanol–water partition coefficient (Wildman–Crippen LogP) is 4.07. The first-order valence-corrected chi connectivity index (χ1v) is 7.56. The van der Waals surface area contributed by atoms with Crippen LogP contribution in [0.1, 0.15) is 37.7 Å². The molecule has 0 amide bonds. The minimum Gasteiger partial charge on any atom is -0.289 e. The van der Waals surface area contributed by atoms with Crippen LogP contribution < -0.4 is 0 Å². The van der Waals surface area contributed by atoms with Crippen molar-refractivity contribution < 1.29 is 4.39 Å². The first-order valence-electron chi connectivity index (χ1n) is 7.56. The molecule has 0 unspecified atom stereocenters. The van der Waals surface area contributed by atoms with Gasteiger partial charge in [0.05, 0.1) is 6.04 Å². The fraction of sp³-hybridized carbons (Fsp3) is 0.588. The van der Waals surface area contributed by atoms with Gasteiger partial charge >= 0.3 is 0 Å². The van der Waals surface area contributed by atoms with Crippen molar-refractivity contribution in [3.63, 3.8) is 0 Å². The number of benzene rings is 1. The van der Waals surface area contributed by atoms with Gasteiger partial charge in [-0.25, -0.2) is 4.39 Å². The van der Waals surface area contributed by atoms with Crippen LogP contribution in [-0.4, -0.2) is 12.3 Å². The van der Waals surface area contributed by atoms with Gasteiger partial charge in [0.2, 0.25) is 0 Å². The average Bonchev–Trinajstić information content (AvgIpc) is 2.37. The molecule has 0 atom stereocenters. The Kier molecular flexibility index (Phi) is 2.71. The normalized spacial score (nSPS) is 40.2. The van der Waals surface area contributed by atoms with Gasteiger partial charge in [0.15, 0.2) is 0 Å². The Labute approximate surface area is 113 Å². The van der Waals surface area contributed by atoms with Crippen LogP contribution in [0, 0.1) is 29.5 Å². The molecule has 0 saturated heterocycles. The van der Waals surface area contributed by atoms with Crippen molar-refractivity contribution in [3.8, 4) is 0 Å². The van der Waals surface area contributed by atoms with Crippen LogP contribution in [0.4, 0.5) is 4.39 Å². The summed E-state index contributed by atoms with van der Waals surface area (Å²) in [6.07, 6.45) is 8.93. The second kappa shape index (κ2) is 4.43. The molecule has 0 heterocycles. The van der Waals surface area contributed by atoms with E-state index in [9.17, 15) is 4.39 Å². The Morgan fingerprint density at radius 3 is 2.32 bits per heavy atom. The molecule has 1 aromatic carbocycles. The molecule has 4 aliphatic carbocycles. The van der Waals surface area contributed by atoms with Crippen molar-refractivity contribution in [2.45, 2.75) is 38.1 Å². The zero-order chi connectivity index (χ0) is 12.8. The van der Waals surface area contributed by atoms with Gasteiger partial charge < -0.3 is 0 Å². The van der Waals surface area contributed by atoms with Gasteiger partial charge in [0, 0.05) is 6.21 Å². The molecule has 4 fully saturated rings. The largest absolute Gasteiger partial charge is 0.289 e. The van der Waals surface area contributed by atoms with E-state index in [0.29, 0.717) is 6.04 Å². The maximum absolute atomic E-state index is 13.2. The van der Waals surface area contributed by atoms with E-state index in [-0.39, 0.29) is 5.82 Å². The number of hydrogen-bond donors (Lipinski definition) is 0. The minimum absolute atomic E-state index is 0.172. The summed E-state index contributed by atoms with van der Waals surface area (Å²) < 4.78 is 13.2. The average molecular weight is 257 g/mol. The Morgan fingerprint density at radius 2 is 1.68 bits per heavy atom. The summed E-state index contributed by atoms with van der Waals surface area (Å²) in [4.78, 5) is 4.84. The number of aliphatic imine (C=N–C) groups is 1. The third-order valence-corrected chi connectivity index (χ3v) is 5.42. The number of rotatable bonds is 2. The maximum Gasteiger partial charge on any atom is 0.123 e. The highest BCUT2D eigenvalue weighted by atomic mass is 19.1. The van der Waals surface area contributed by atoms with E-state index in [1.54, 1.807) is 12.1 Å². The summed E-state index contributed by atoms with van der Waals surface area (Å²) in [5.74, 6) is 3.42.